The zero-order valence-corrected chi connectivity index (χ0v) is 11.1. The highest BCUT2D eigenvalue weighted by molar-refractivity contribution is 5.98. The van der Waals surface area contributed by atoms with Crippen LogP contribution in [0.3, 0.4) is 0 Å². The molecule has 5 nitrogen and oxygen atoms in total. The van der Waals surface area contributed by atoms with Crippen LogP contribution >= 0.6 is 0 Å². The Hall–Kier alpha value is -1.59. The molecule has 0 amide bonds. The highest BCUT2D eigenvalue weighted by Crippen LogP contribution is 2.07. The number of amidine groups is 1. The van der Waals surface area contributed by atoms with E-state index in [1.165, 1.54) is 0 Å². The molecule has 1 aromatic rings. The van der Waals surface area contributed by atoms with Crippen LogP contribution in [0.2, 0.25) is 0 Å². The molecule has 0 bridgehead atoms. The zero-order chi connectivity index (χ0) is 13.4. The topological polar surface area (TPSA) is 73.9 Å². The van der Waals surface area contributed by atoms with Crippen molar-refractivity contribution in [3.8, 4) is 0 Å². The summed E-state index contributed by atoms with van der Waals surface area (Å²) in [5.74, 6) is 0.151. The molecule has 1 rings (SSSR count). The van der Waals surface area contributed by atoms with Gasteiger partial charge in [-0.2, -0.15) is 0 Å². The standard InChI is InChI=1S/C13H22N4O/c1-3-17(2)9-8-15-10-11-6-4-5-7-12(11)13(14)16-18/h4-7,15,18H,3,8-10H2,1-2H3,(H2,14,16). The number of nitrogens with zero attached hydrogens (tertiary/aromatic N) is 2. The van der Waals surface area contributed by atoms with Crippen molar-refractivity contribution in [3.63, 3.8) is 0 Å². The Balaban J connectivity index is 2.52. The highest BCUT2D eigenvalue weighted by atomic mass is 16.4. The maximum atomic E-state index is 8.72. The van der Waals surface area contributed by atoms with E-state index in [0.717, 1.165) is 30.8 Å². The van der Waals surface area contributed by atoms with E-state index in [1.54, 1.807) is 0 Å². The lowest BCUT2D eigenvalue weighted by atomic mass is 10.1. The molecule has 0 aliphatic rings. The fraction of sp³-hybridized carbons (Fsp3) is 0.462. The molecule has 0 spiro atoms. The summed E-state index contributed by atoms with van der Waals surface area (Å²) in [6.45, 7) is 5.80. The van der Waals surface area contributed by atoms with E-state index in [1.807, 2.05) is 24.3 Å². The maximum Gasteiger partial charge on any atom is 0.170 e. The van der Waals surface area contributed by atoms with E-state index in [-0.39, 0.29) is 5.84 Å². The summed E-state index contributed by atoms with van der Waals surface area (Å²) in [5.41, 5.74) is 7.44. The molecule has 100 valence electrons. The summed E-state index contributed by atoms with van der Waals surface area (Å²) in [6, 6.07) is 7.65. The molecule has 0 radical (unpaired) electrons. The highest BCUT2D eigenvalue weighted by Gasteiger charge is 2.05. The molecule has 0 saturated carbocycles. The van der Waals surface area contributed by atoms with E-state index in [2.05, 4.69) is 29.3 Å². The molecule has 0 aliphatic heterocycles. The minimum atomic E-state index is 0.151. The van der Waals surface area contributed by atoms with Crippen molar-refractivity contribution in [1.82, 2.24) is 10.2 Å². The van der Waals surface area contributed by atoms with Crippen molar-refractivity contribution in [3.05, 3.63) is 35.4 Å². The lowest BCUT2D eigenvalue weighted by Crippen LogP contribution is -2.29. The lowest BCUT2D eigenvalue weighted by Gasteiger charge is -2.14. The summed E-state index contributed by atoms with van der Waals surface area (Å²) in [5, 5.41) is 15.1. The van der Waals surface area contributed by atoms with E-state index >= 15 is 0 Å². The second kappa shape index (κ2) is 7.68. The average Bonchev–Trinajstić information content (AvgIpc) is 2.42. The summed E-state index contributed by atoms with van der Waals surface area (Å²) in [7, 11) is 2.09. The van der Waals surface area contributed by atoms with Crippen LogP contribution < -0.4 is 11.1 Å². The van der Waals surface area contributed by atoms with E-state index in [0.29, 0.717) is 6.54 Å². The number of nitrogens with one attached hydrogen (secondary N) is 1. The molecular formula is C13H22N4O. The first kappa shape index (κ1) is 14.5. The molecule has 0 unspecified atom stereocenters. The van der Waals surface area contributed by atoms with Gasteiger partial charge in [-0.25, -0.2) is 0 Å². The minimum absolute atomic E-state index is 0.151. The van der Waals surface area contributed by atoms with Gasteiger partial charge in [0.2, 0.25) is 0 Å². The molecule has 4 N–H and O–H groups in total. The van der Waals surface area contributed by atoms with Gasteiger partial charge in [-0.15, -0.1) is 0 Å². The van der Waals surface area contributed by atoms with Crippen molar-refractivity contribution in [2.45, 2.75) is 13.5 Å². The van der Waals surface area contributed by atoms with Crippen LogP contribution in [0.15, 0.2) is 29.4 Å². The van der Waals surface area contributed by atoms with Gasteiger partial charge in [0.1, 0.15) is 0 Å². The van der Waals surface area contributed by atoms with Gasteiger partial charge in [-0.1, -0.05) is 36.3 Å². The molecule has 0 heterocycles. The SMILES string of the molecule is CCN(C)CCNCc1ccccc1C(N)=NO. The van der Waals surface area contributed by atoms with Gasteiger partial charge in [0.25, 0.3) is 0 Å². The first-order valence-corrected chi connectivity index (χ1v) is 6.14. The molecule has 0 saturated heterocycles. The van der Waals surface area contributed by atoms with Crippen LogP contribution in [0.5, 0.6) is 0 Å². The van der Waals surface area contributed by atoms with Gasteiger partial charge >= 0.3 is 0 Å². The van der Waals surface area contributed by atoms with Gasteiger partial charge in [-0.05, 0) is 19.2 Å². The third kappa shape index (κ3) is 4.35. The van der Waals surface area contributed by atoms with Crippen LogP contribution in [-0.2, 0) is 6.54 Å². The van der Waals surface area contributed by atoms with Crippen molar-refractivity contribution >= 4 is 5.84 Å². The Morgan fingerprint density at radius 1 is 1.44 bits per heavy atom. The fourth-order valence-electron chi connectivity index (χ4n) is 1.63. The molecule has 0 atom stereocenters. The molecule has 0 aliphatic carbocycles. The predicted molar refractivity (Wildman–Crippen MR) is 73.8 cm³/mol. The number of rotatable bonds is 7. The van der Waals surface area contributed by atoms with Crippen molar-refractivity contribution < 1.29 is 5.21 Å². The first-order chi connectivity index (χ1) is 8.69. The van der Waals surface area contributed by atoms with Crippen LogP contribution in [0, 0.1) is 0 Å². The van der Waals surface area contributed by atoms with Crippen LogP contribution in [0.1, 0.15) is 18.1 Å². The van der Waals surface area contributed by atoms with Gasteiger partial charge in [0.15, 0.2) is 5.84 Å². The molecule has 18 heavy (non-hydrogen) atoms. The number of benzene rings is 1. The summed E-state index contributed by atoms with van der Waals surface area (Å²) < 4.78 is 0. The predicted octanol–water partition coefficient (Wildman–Crippen LogP) is 0.822. The lowest BCUT2D eigenvalue weighted by molar-refractivity contribution is 0.318. The van der Waals surface area contributed by atoms with Crippen molar-refractivity contribution in [2.75, 3.05) is 26.7 Å². The van der Waals surface area contributed by atoms with Crippen molar-refractivity contribution in [1.29, 1.82) is 0 Å². The Kier molecular flexibility index (Phi) is 6.18. The second-order valence-corrected chi connectivity index (χ2v) is 4.22. The number of hydrogen-bond acceptors (Lipinski definition) is 4. The van der Waals surface area contributed by atoms with Gasteiger partial charge < -0.3 is 21.2 Å². The summed E-state index contributed by atoms with van der Waals surface area (Å²) >= 11 is 0. The Morgan fingerprint density at radius 3 is 2.83 bits per heavy atom. The van der Waals surface area contributed by atoms with Crippen molar-refractivity contribution in [2.24, 2.45) is 10.9 Å². The number of likely N-dealkylation sites (N-methyl/N-ethyl adjacent to an activating group) is 1. The number of nitrogens with two attached hydrogens (primary N) is 1. The molecular weight excluding hydrogens is 228 g/mol. The first-order valence-electron chi connectivity index (χ1n) is 6.14. The zero-order valence-electron chi connectivity index (χ0n) is 11.1. The van der Waals surface area contributed by atoms with Crippen LogP contribution in [-0.4, -0.2) is 42.6 Å². The summed E-state index contributed by atoms with van der Waals surface area (Å²) in [6.07, 6.45) is 0. The molecule has 0 aromatic heterocycles. The Labute approximate surface area is 108 Å². The van der Waals surface area contributed by atoms with E-state index in [9.17, 15) is 0 Å². The minimum Gasteiger partial charge on any atom is -0.409 e. The van der Waals surface area contributed by atoms with Gasteiger partial charge in [-0.3, -0.25) is 0 Å². The fourth-order valence-corrected chi connectivity index (χ4v) is 1.63. The van der Waals surface area contributed by atoms with Gasteiger partial charge in [0.05, 0.1) is 0 Å². The maximum absolute atomic E-state index is 8.72. The van der Waals surface area contributed by atoms with Crippen LogP contribution in [0.4, 0.5) is 0 Å². The monoisotopic (exact) mass is 250 g/mol. The summed E-state index contributed by atoms with van der Waals surface area (Å²) in [4.78, 5) is 2.24. The third-order valence-electron chi connectivity index (χ3n) is 2.93. The molecule has 5 heteroatoms. The average molecular weight is 250 g/mol. The van der Waals surface area contributed by atoms with E-state index in [4.69, 9.17) is 10.9 Å². The van der Waals surface area contributed by atoms with E-state index < -0.39 is 0 Å². The number of oxime groups is 1. The third-order valence-corrected chi connectivity index (χ3v) is 2.93. The van der Waals surface area contributed by atoms with Crippen LogP contribution in [0.25, 0.3) is 0 Å². The van der Waals surface area contributed by atoms with Gasteiger partial charge in [0, 0.05) is 25.2 Å². The molecule has 0 fully saturated rings. The normalized spacial score (nSPS) is 12.1. The Morgan fingerprint density at radius 2 is 2.17 bits per heavy atom. The molecule has 1 aromatic carbocycles. The number of hydrogen-bond donors (Lipinski definition) is 3. The smallest absolute Gasteiger partial charge is 0.170 e. The largest absolute Gasteiger partial charge is 0.409 e. The Bertz CT molecular complexity index is 392. The quantitative estimate of drug-likeness (QED) is 0.220. The second-order valence-electron chi connectivity index (χ2n) is 4.22.